The van der Waals surface area contributed by atoms with Crippen molar-refractivity contribution in [1.82, 2.24) is 4.57 Å². The number of nitrogens with two attached hydrogens (primary N) is 1. The summed E-state index contributed by atoms with van der Waals surface area (Å²) in [5.74, 6) is 0. The Morgan fingerprint density at radius 3 is 2.31 bits per heavy atom. The topological polar surface area (TPSA) is 109 Å². The number of aromatic nitrogens is 2. The normalized spacial score (nSPS) is 10.0. The molecule has 0 aliphatic heterocycles. The van der Waals surface area contributed by atoms with Gasteiger partial charge in [-0.05, 0) is 43.3 Å². The molecule has 26 heavy (non-hydrogen) atoms. The lowest BCUT2D eigenvalue weighted by molar-refractivity contribution is -0.358. The highest BCUT2D eigenvalue weighted by molar-refractivity contribution is 5.92. The van der Waals surface area contributed by atoms with Crippen molar-refractivity contribution in [3.63, 3.8) is 0 Å². The highest BCUT2D eigenvalue weighted by Gasteiger charge is 2.25. The minimum Gasteiger partial charge on any atom is -0.400 e. The average molecular weight is 352 g/mol. The second-order valence-electron chi connectivity index (χ2n) is 5.87. The van der Waals surface area contributed by atoms with Gasteiger partial charge in [0.05, 0.1) is 16.8 Å². The zero-order valence-corrected chi connectivity index (χ0v) is 15.2. The Morgan fingerprint density at radius 2 is 1.77 bits per heavy atom. The third-order valence-corrected chi connectivity index (χ3v) is 3.91. The maximum atomic E-state index is 13.0. The van der Waals surface area contributed by atoms with Crippen LogP contribution < -0.4 is 21.2 Å². The fourth-order valence-electron chi connectivity index (χ4n) is 2.83. The maximum absolute atomic E-state index is 13.0. The number of aliphatic hydroxyl groups excluding tert-OH is 1. The van der Waals surface area contributed by atoms with Crippen LogP contribution in [0, 0.1) is 18.3 Å². The van der Waals surface area contributed by atoms with Crippen LogP contribution >= 0.6 is 0 Å². The summed E-state index contributed by atoms with van der Waals surface area (Å²) in [7, 11) is 4.64. The molecule has 3 rings (SSSR count). The second kappa shape index (κ2) is 7.68. The van der Waals surface area contributed by atoms with Gasteiger partial charge in [0.25, 0.3) is 5.65 Å². The zero-order chi connectivity index (χ0) is 19.4. The van der Waals surface area contributed by atoms with Gasteiger partial charge in [0, 0.05) is 26.9 Å². The number of anilines is 2. The molecule has 0 unspecified atom stereocenters. The van der Waals surface area contributed by atoms with E-state index in [2.05, 4.69) is 11.1 Å². The zero-order valence-electron chi connectivity index (χ0n) is 15.2. The van der Waals surface area contributed by atoms with E-state index in [1.807, 2.05) is 33.2 Å². The number of aliphatic hydroxyl groups is 1. The summed E-state index contributed by atoms with van der Waals surface area (Å²) < 4.78 is 1.52. The van der Waals surface area contributed by atoms with E-state index in [1.165, 1.54) is 4.57 Å². The number of nitrogen functional groups attached to an aromatic ring is 1. The number of aromatic amines is 1. The number of nitriles is 1. The molecule has 134 valence electrons. The molecule has 0 aliphatic rings. The SMILES string of the molecule is CO.Cc1ccc2c(N(C)C)c(C#N)c(=O)n(-c3ccc(N)cc3)c2[nH+]1. The van der Waals surface area contributed by atoms with Gasteiger partial charge >= 0.3 is 5.56 Å². The molecule has 2 heterocycles. The predicted molar refractivity (Wildman–Crippen MR) is 102 cm³/mol. The molecule has 0 spiro atoms. The number of nitrogens with zero attached hydrogens (tertiary/aromatic N) is 3. The highest BCUT2D eigenvalue weighted by Crippen LogP contribution is 2.26. The lowest BCUT2D eigenvalue weighted by Crippen LogP contribution is -2.30. The van der Waals surface area contributed by atoms with Crippen LogP contribution in [0.15, 0.2) is 41.2 Å². The van der Waals surface area contributed by atoms with Gasteiger partial charge in [-0.3, -0.25) is 0 Å². The van der Waals surface area contributed by atoms with E-state index in [0.29, 0.717) is 22.7 Å². The monoisotopic (exact) mass is 352 g/mol. The lowest BCUT2D eigenvalue weighted by Gasteiger charge is -2.16. The number of fused-ring (bicyclic) bond motifs is 1. The van der Waals surface area contributed by atoms with Gasteiger partial charge < -0.3 is 15.7 Å². The molecule has 0 fully saturated rings. The Morgan fingerprint density at radius 1 is 1.15 bits per heavy atom. The number of pyridine rings is 2. The van der Waals surface area contributed by atoms with Gasteiger partial charge in [-0.1, -0.05) is 0 Å². The van der Waals surface area contributed by atoms with Crippen LogP contribution in [0.3, 0.4) is 0 Å². The minimum atomic E-state index is -0.361. The molecule has 0 radical (unpaired) electrons. The number of benzene rings is 1. The molecule has 0 aliphatic carbocycles. The second-order valence-corrected chi connectivity index (χ2v) is 5.87. The molecule has 2 aromatic heterocycles. The third-order valence-electron chi connectivity index (χ3n) is 3.91. The van der Waals surface area contributed by atoms with Crippen LogP contribution in [0.5, 0.6) is 0 Å². The van der Waals surface area contributed by atoms with Crippen molar-refractivity contribution < 1.29 is 10.1 Å². The summed E-state index contributed by atoms with van der Waals surface area (Å²) in [4.78, 5) is 18.0. The fourth-order valence-corrected chi connectivity index (χ4v) is 2.83. The summed E-state index contributed by atoms with van der Waals surface area (Å²) in [5, 5.41) is 17.4. The largest absolute Gasteiger partial charge is 0.400 e. The van der Waals surface area contributed by atoms with Gasteiger partial charge in [-0.15, -0.1) is 0 Å². The standard InChI is InChI=1S/C18H17N5O.CH4O/c1-11-4-9-14-16(22(2)3)15(10-19)18(24)23(17(14)21-11)13-7-5-12(20)6-8-13;1-2/h4-9H,20H2,1-3H3;2H,1H3/p+1. The summed E-state index contributed by atoms with van der Waals surface area (Å²) in [6.45, 7) is 1.92. The van der Waals surface area contributed by atoms with Crippen LogP contribution in [-0.4, -0.2) is 30.9 Å². The van der Waals surface area contributed by atoms with Crippen LogP contribution in [0.4, 0.5) is 11.4 Å². The van der Waals surface area contributed by atoms with Crippen molar-refractivity contribution in [3.8, 4) is 11.8 Å². The number of hydrogen-bond donors (Lipinski definition) is 2. The van der Waals surface area contributed by atoms with Gasteiger partial charge in [-0.25, -0.2) is 9.78 Å². The fraction of sp³-hybridized carbons (Fsp3) is 0.211. The number of H-pyrrole nitrogens is 1. The van der Waals surface area contributed by atoms with Gasteiger partial charge in [-0.2, -0.15) is 9.83 Å². The van der Waals surface area contributed by atoms with E-state index >= 15 is 0 Å². The van der Waals surface area contributed by atoms with E-state index in [9.17, 15) is 10.1 Å². The minimum absolute atomic E-state index is 0.113. The lowest BCUT2D eigenvalue weighted by atomic mass is 10.1. The van der Waals surface area contributed by atoms with Crippen molar-refractivity contribution in [2.75, 3.05) is 31.8 Å². The molecule has 0 atom stereocenters. The Bertz CT molecular complexity index is 1030. The first-order valence-corrected chi connectivity index (χ1v) is 7.93. The highest BCUT2D eigenvalue weighted by atomic mass is 16.2. The first-order chi connectivity index (χ1) is 12.4. The quantitative estimate of drug-likeness (QED) is 0.675. The maximum Gasteiger partial charge on any atom is 0.359 e. The van der Waals surface area contributed by atoms with E-state index < -0.39 is 0 Å². The molecule has 4 N–H and O–H groups in total. The molecular formula is C19H22N5O2+. The van der Waals surface area contributed by atoms with Crippen molar-refractivity contribution in [2.45, 2.75) is 6.92 Å². The number of nitrogens with one attached hydrogen (secondary N) is 1. The molecular weight excluding hydrogens is 330 g/mol. The molecule has 3 aromatic rings. The molecule has 7 heteroatoms. The first kappa shape index (κ1) is 19.0. The van der Waals surface area contributed by atoms with Crippen molar-refractivity contribution in [3.05, 3.63) is 58.0 Å². The summed E-state index contributed by atoms with van der Waals surface area (Å²) >= 11 is 0. The van der Waals surface area contributed by atoms with Gasteiger partial charge in [0.15, 0.2) is 5.56 Å². The van der Waals surface area contributed by atoms with Crippen LogP contribution in [0.1, 0.15) is 11.3 Å². The number of rotatable bonds is 2. The molecule has 0 saturated carbocycles. The van der Waals surface area contributed by atoms with E-state index in [4.69, 9.17) is 10.8 Å². The first-order valence-electron chi connectivity index (χ1n) is 7.93. The van der Waals surface area contributed by atoms with E-state index in [0.717, 1.165) is 18.2 Å². The van der Waals surface area contributed by atoms with Crippen LogP contribution in [0.2, 0.25) is 0 Å². The van der Waals surface area contributed by atoms with Gasteiger partial charge in [0.2, 0.25) is 0 Å². The Balaban J connectivity index is 0.00000117. The third kappa shape index (κ3) is 3.23. The summed E-state index contributed by atoms with van der Waals surface area (Å²) in [5.41, 5.74) is 8.94. The molecule has 0 bridgehead atoms. The molecule has 0 amide bonds. The Labute approximate surface area is 151 Å². The van der Waals surface area contributed by atoms with Crippen molar-refractivity contribution in [1.29, 1.82) is 5.26 Å². The van der Waals surface area contributed by atoms with Crippen molar-refractivity contribution in [2.24, 2.45) is 0 Å². The van der Waals surface area contributed by atoms with E-state index in [-0.39, 0.29) is 11.1 Å². The predicted octanol–water partition coefficient (Wildman–Crippen LogP) is 1.24. The van der Waals surface area contributed by atoms with Crippen LogP contribution in [-0.2, 0) is 0 Å². The average Bonchev–Trinajstić information content (AvgIpc) is 2.63. The Kier molecular flexibility index (Phi) is 5.60. The van der Waals surface area contributed by atoms with Crippen LogP contribution in [0.25, 0.3) is 16.7 Å². The summed E-state index contributed by atoms with van der Waals surface area (Å²) in [6.07, 6.45) is 0. The number of aryl methyl sites for hydroxylation is 1. The molecule has 1 aromatic carbocycles. The molecule has 0 saturated heterocycles. The van der Waals surface area contributed by atoms with Crippen molar-refractivity contribution >= 4 is 22.4 Å². The molecule has 7 nitrogen and oxygen atoms in total. The number of hydrogen-bond acceptors (Lipinski definition) is 5. The van der Waals surface area contributed by atoms with Gasteiger partial charge in [0.1, 0.15) is 11.8 Å². The van der Waals surface area contributed by atoms with E-state index in [1.54, 1.807) is 29.2 Å². The summed E-state index contributed by atoms with van der Waals surface area (Å²) in [6, 6.07) is 12.9. The smallest absolute Gasteiger partial charge is 0.359 e. The Hall–Kier alpha value is -3.37.